The van der Waals surface area contributed by atoms with Crippen LogP contribution in [-0.4, -0.2) is 33.6 Å². The van der Waals surface area contributed by atoms with Gasteiger partial charge >= 0.3 is 6.03 Å². The van der Waals surface area contributed by atoms with Crippen LogP contribution >= 0.6 is 11.6 Å². The van der Waals surface area contributed by atoms with E-state index in [9.17, 15) is 9.59 Å². The normalized spacial score (nSPS) is 12.9. The van der Waals surface area contributed by atoms with Crippen molar-refractivity contribution in [2.75, 3.05) is 11.9 Å². The average molecular weight is 334 g/mol. The smallest absolute Gasteiger partial charge is 0.318 e. The number of anilines is 1. The van der Waals surface area contributed by atoms with Crippen molar-refractivity contribution in [3.63, 3.8) is 0 Å². The highest BCUT2D eigenvalue weighted by molar-refractivity contribution is 6.31. The predicted molar refractivity (Wildman–Crippen MR) is 86.3 cm³/mol. The number of benzene rings is 1. The van der Waals surface area contributed by atoms with Gasteiger partial charge in [0.15, 0.2) is 5.82 Å². The Labute approximate surface area is 138 Å². The lowest BCUT2D eigenvalue weighted by atomic mass is 10.2. The molecule has 120 valence electrons. The molecular weight excluding hydrogens is 318 g/mol. The topological polar surface area (TPSA) is 90.1 Å². The number of fused-ring (bicyclic) bond motifs is 1. The van der Waals surface area contributed by atoms with E-state index >= 15 is 0 Å². The van der Waals surface area contributed by atoms with Crippen LogP contribution in [0.4, 0.5) is 10.6 Å². The van der Waals surface area contributed by atoms with Crippen LogP contribution in [0.5, 0.6) is 0 Å². The zero-order chi connectivity index (χ0) is 16.4. The molecule has 0 bridgehead atoms. The summed E-state index contributed by atoms with van der Waals surface area (Å²) in [7, 11) is 0. The molecule has 1 aromatic carbocycles. The van der Waals surface area contributed by atoms with E-state index in [0.717, 1.165) is 11.3 Å². The number of nitrogens with one attached hydrogen (secondary N) is 3. The first-order valence-corrected chi connectivity index (χ1v) is 7.62. The monoisotopic (exact) mass is 333 g/mol. The quantitative estimate of drug-likeness (QED) is 0.805. The number of aromatic amines is 1. The molecule has 8 heteroatoms. The fourth-order valence-electron chi connectivity index (χ4n) is 2.46. The van der Waals surface area contributed by atoms with Crippen molar-refractivity contribution in [3.8, 4) is 0 Å². The van der Waals surface area contributed by atoms with Crippen molar-refractivity contribution in [1.29, 1.82) is 0 Å². The molecule has 0 atom stereocenters. The molecule has 3 rings (SSSR count). The van der Waals surface area contributed by atoms with Crippen molar-refractivity contribution < 1.29 is 9.59 Å². The lowest BCUT2D eigenvalue weighted by Gasteiger charge is -2.15. The SMILES string of the molecule is CCNC(=O)N1Cc2[nH]nc(NC(=O)c3cccc(Cl)c3)c2C1. The molecule has 2 aromatic rings. The van der Waals surface area contributed by atoms with Crippen LogP contribution < -0.4 is 10.6 Å². The summed E-state index contributed by atoms with van der Waals surface area (Å²) in [6.45, 7) is 3.29. The highest BCUT2D eigenvalue weighted by atomic mass is 35.5. The number of urea groups is 1. The number of nitrogens with zero attached hydrogens (tertiary/aromatic N) is 2. The van der Waals surface area contributed by atoms with E-state index in [1.165, 1.54) is 0 Å². The summed E-state index contributed by atoms with van der Waals surface area (Å²) in [5.74, 6) is 0.148. The lowest BCUT2D eigenvalue weighted by Crippen LogP contribution is -2.36. The highest BCUT2D eigenvalue weighted by Crippen LogP contribution is 2.27. The Kier molecular flexibility index (Phi) is 4.20. The van der Waals surface area contributed by atoms with Crippen LogP contribution in [0.2, 0.25) is 5.02 Å². The maximum Gasteiger partial charge on any atom is 0.318 e. The summed E-state index contributed by atoms with van der Waals surface area (Å²) in [5.41, 5.74) is 2.11. The van der Waals surface area contributed by atoms with Crippen LogP contribution in [0.3, 0.4) is 0 Å². The Morgan fingerprint density at radius 1 is 1.39 bits per heavy atom. The first kappa shape index (κ1) is 15.4. The minimum atomic E-state index is -0.293. The molecule has 0 saturated heterocycles. The van der Waals surface area contributed by atoms with E-state index in [1.54, 1.807) is 29.2 Å². The minimum Gasteiger partial charge on any atom is -0.338 e. The van der Waals surface area contributed by atoms with Crippen LogP contribution in [0, 0.1) is 0 Å². The summed E-state index contributed by atoms with van der Waals surface area (Å²) in [4.78, 5) is 25.8. The second kappa shape index (κ2) is 6.29. The molecule has 0 unspecified atom stereocenters. The van der Waals surface area contributed by atoms with E-state index < -0.39 is 0 Å². The van der Waals surface area contributed by atoms with Crippen molar-refractivity contribution in [2.24, 2.45) is 0 Å². The van der Waals surface area contributed by atoms with Crippen molar-refractivity contribution in [1.82, 2.24) is 20.4 Å². The van der Waals surface area contributed by atoms with Gasteiger partial charge in [0.05, 0.1) is 18.8 Å². The maximum absolute atomic E-state index is 12.3. The summed E-state index contributed by atoms with van der Waals surface area (Å²) in [5, 5.41) is 13.0. The summed E-state index contributed by atoms with van der Waals surface area (Å²) >= 11 is 5.90. The summed E-state index contributed by atoms with van der Waals surface area (Å²) in [6.07, 6.45) is 0. The highest BCUT2D eigenvalue weighted by Gasteiger charge is 2.28. The molecule has 0 fully saturated rings. The molecular formula is C15H16ClN5O2. The Hall–Kier alpha value is -2.54. The van der Waals surface area contributed by atoms with Gasteiger partial charge in [-0.2, -0.15) is 5.10 Å². The molecule has 3 amide bonds. The van der Waals surface area contributed by atoms with Gasteiger partial charge < -0.3 is 15.5 Å². The molecule has 1 aliphatic heterocycles. The Morgan fingerprint density at radius 3 is 2.96 bits per heavy atom. The Morgan fingerprint density at radius 2 is 2.22 bits per heavy atom. The number of H-pyrrole nitrogens is 1. The fourth-order valence-corrected chi connectivity index (χ4v) is 2.65. The molecule has 7 nitrogen and oxygen atoms in total. The molecule has 0 aliphatic carbocycles. The Balaban J connectivity index is 1.73. The minimum absolute atomic E-state index is 0.135. The van der Waals surface area contributed by atoms with Gasteiger partial charge in [0.2, 0.25) is 0 Å². The third kappa shape index (κ3) is 3.14. The maximum atomic E-state index is 12.3. The van der Waals surface area contributed by atoms with E-state index in [-0.39, 0.29) is 11.9 Å². The molecule has 3 N–H and O–H groups in total. The second-order valence-electron chi connectivity index (χ2n) is 5.19. The Bertz CT molecular complexity index is 758. The van der Waals surface area contributed by atoms with Gasteiger partial charge in [-0.15, -0.1) is 0 Å². The van der Waals surface area contributed by atoms with Crippen LogP contribution in [0.25, 0.3) is 0 Å². The fraction of sp³-hybridized carbons (Fsp3) is 0.267. The van der Waals surface area contributed by atoms with E-state index in [1.807, 2.05) is 6.92 Å². The number of hydrogen-bond acceptors (Lipinski definition) is 3. The molecule has 2 heterocycles. The summed E-state index contributed by atoms with van der Waals surface area (Å²) < 4.78 is 0. The van der Waals surface area contributed by atoms with Gasteiger partial charge in [-0.05, 0) is 25.1 Å². The third-order valence-corrected chi connectivity index (χ3v) is 3.82. The van der Waals surface area contributed by atoms with Gasteiger partial charge in [-0.25, -0.2) is 4.79 Å². The second-order valence-corrected chi connectivity index (χ2v) is 5.62. The van der Waals surface area contributed by atoms with E-state index in [2.05, 4.69) is 20.8 Å². The molecule has 0 spiro atoms. The number of hydrogen-bond donors (Lipinski definition) is 3. The van der Waals surface area contributed by atoms with Crippen molar-refractivity contribution in [3.05, 3.63) is 46.1 Å². The standard InChI is InChI=1S/C15H16ClN5O2/c1-2-17-15(23)21-7-11-12(8-21)19-20-13(11)18-14(22)9-4-3-5-10(16)6-9/h3-6H,2,7-8H2,1H3,(H,17,23)(H2,18,19,20,22). The number of rotatable bonds is 3. The average Bonchev–Trinajstić information content (AvgIpc) is 3.09. The first-order chi connectivity index (χ1) is 11.1. The van der Waals surface area contributed by atoms with Gasteiger partial charge in [0, 0.05) is 22.7 Å². The van der Waals surface area contributed by atoms with Crippen LogP contribution in [-0.2, 0) is 13.1 Å². The van der Waals surface area contributed by atoms with E-state index in [0.29, 0.717) is 36.0 Å². The zero-order valence-corrected chi connectivity index (χ0v) is 13.3. The number of carbonyl (C=O) groups is 2. The largest absolute Gasteiger partial charge is 0.338 e. The van der Waals surface area contributed by atoms with Crippen molar-refractivity contribution in [2.45, 2.75) is 20.0 Å². The van der Waals surface area contributed by atoms with Gasteiger partial charge in [0.1, 0.15) is 0 Å². The first-order valence-electron chi connectivity index (χ1n) is 7.24. The van der Waals surface area contributed by atoms with Crippen molar-refractivity contribution >= 4 is 29.4 Å². The van der Waals surface area contributed by atoms with Gasteiger partial charge in [0.25, 0.3) is 5.91 Å². The van der Waals surface area contributed by atoms with Gasteiger partial charge in [-0.1, -0.05) is 17.7 Å². The summed E-state index contributed by atoms with van der Waals surface area (Å²) in [6, 6.07) is 6.54. The molecule has 0 radical (unpaired) electrons. The van der Waals surface area contributed by atoms with E-state index in [4.69, 9.17) is 11.6 Å². The van der Waals surface area contributed by atoms with Crippen LogP contribution in [0.1, 0.15) is 28.5 Å². The molecule has 23 heavy (non-hydrogen) atoms. The number of aromatic nitrogens is 2. The predicted octanol–water partition coefficient (Wildman–Crippen LogP) is 2.36. The number of carbonyl (C=O) groups excluding carboxylic acids is 2. The van der Waals surface area contributed by atoms with Gasteiger partial charge in [-0.3, -0.25) is 9.89 Å². The molecule has 1 aromatic heterocycles. The third-order valence-electron chi connectivity index (χ3n) is 3.58. The number of halogens is 1. The lowest BCUT2D eigenvalue weighted by molar-refractivity contribution is 0.102. The molecule has 1 aliphatic rings. The van der Waals surface area contributed by atoms with Crippen LogP contribution in [0.15, 0.2) is 24.3 Å². The molecule has 0 saturated carbocycles. The zero-order valence-electron chi connectivity index (χ0n) is 12.5. The number of amides is 3.